The van der Waals surface area contributed by atoms with Gasteiger partial charge >= 0.3 is 0 Å². The number of carbonyl (C=O) groups excluding carboxylic acids is 2. The van der Waals surface area contributed by atoms with Gasteiger partial charge in [0, 0.05) is 27.1 Å². The van der Waals surface area contributed by atoms with Crippen LogP contribution in [0.5, 0.6) is 0 Å². The summed E-state index contributed by atoms with van der Waals surface area (Å²) in [7, 11) is -3.99. The van der Waals surface area contributed by atoms with Gasteiger partial charge < -0.3 is 0 Å². The molecular formula is C27H16ClN3O4S. The fraction of sp³-hybridized carbons (Fsp3) is 0. The number of rotatable bonds is 4. The Bertz CT molecular complexity index is 1830. The molecule has 0 radical (unpaired) electrons. The fourth-order valence-corrected chi connectivity index (χ4v) is 5.63. The molecule has 0 fully saturated rings. The lowest BCUT2D eigenvalue weighted by Gasteiger charge is -2.13. The quantitative estimate of drug-likeness (QED) is 0.341. The molecule has 1 N–H and O–H groups in total. The molecule has 4 aromatic carbocycles. The monoisotopic (exact) mass is 513 g/mol. The maximum absolute atomic E-state index is 13.8. The van der Waals surface area contributed by atoms with E-state index in [9.17, 15) is 18.0 Å². The molecule has 0 saturated heterocycles. The van der Waals surface area contributed by atoms with Gasteiger partial charge in [-0.3, -0.25) is 14.3 Å². The highest BCUT2D eigenvalue weighted by Gasteiger charge is 2.30. The summed E-state index contributed by atoms with van der Waals surface area (Å²) in [5, 5.41) is 5.60. The lowest BCUT2D eigenvalue weighted by atomic mass is 9.87. The van der Waals surface area contributed by atoms with Gasteiger partial charge in [-0.05, 0) is 42.5 Å². The molecule has 5 aromatic rings. The molecule has 0 atom stereocenters. The summed E-state index contributed by atoms with van der Waals surface area (Å²) in [6.07, 6.45) is 0. The van der Waals surface area contributed by atoms with Crippen LogP contribution in [0.2, 0.25) is 5.02 Å². The fourth-order valence-electron chi connectivity index (χ4n) is 4.42. The Morgan fingerprint density at radius 1 is 0.806 bits per heavy atom. The Hall–Kier alpha value is -4.27. The van der Waals surface area contributed by atoms with Crippen molar-refractivity contribution in [1.29, 1.82) is 0 Å². The second-order valence-corrected chi connectivity index (χ2v) is 10.4. The molecule has 9 heteroatoms. The first-order chi connectivity index (χ1) is 17.3. The Labute approximate surface area is 211 Å². The Balaban J connectivity index is 1.47. The van der Waals surface area contributed by atoms with Crippen molar-refractivity contribution in [2.45, 2.75) is 4.90 Å². The van der Waals surface area contributed by atoms with Gasteiger partial charge in [-0.15, -0.1) is 0 Å². The van der Waals surface area contributed by atoms with E-state index in [1.807, 2.05) is 6.07 Å². The normalized spacial score (nSPS) is 12.4. The van der Waals surface area contributed by atoms with Gasteiger partial charge in [-0.2, -0.15) is 9.78 Å². The van der Waals surface area contributed by atoms with Crippen molar-refractivity contribution in [2.75, 3.05) is 4.72 Å². The first kappa shape index (κ1) is 22.2. The second-order valence-electron chi connectivity index (χ2n) is 8.24. The lowest BCUT2D eigenvalue weighted by molar-refractivity contribution is 0.0951. The molecule has 1 aliphatic carbocycles. The molecular weight excluding hydrogens is 498 g/mol. The van der Waals surface area contributed by atoms with Gasteiger partial charge in [-0.25, -0.2) is 8.42 Å². The predicted octanol–water partition coefficient (Wildman–Crippen LogP) is 5.39. The lowest BCUT2D eigenvalue weighted by Crippen LogP contribution is -2.19. The number of aromatic nitrogens is 2. The van der Waals surface area contributed by atoms with Gasteiger partial charge in [0.2, 0.25) is 0 Å². The first-order valence-electron chi connectivity index (χ1n) is 10.9. The number of carbonyl (C=O) groups is 2. The van der Waals surface area contributed by atoms with E-state index >= 15 is 0 Å². The predicted molar refractivity (Wildman–Crippen MR) is 137 cm³/mol. The van der Waals surface area contributed by atoms with Crippen LogP contribution in [-0.4, -0.2) is 29.9 Å². The maximum atomic E-state index is 13.8. The SMILES string of the molecule is O=C1c2ccccc2-c2nn(C(=O)c3ccccc3NS(=O)(=O)c3ccc(Cl)cc3)c3cccc1c23. The van der Waals surface area contributed by atoms with E-state index in [1.54, 1.807) is 48.5 Å². The topological polar surface area (TPSA) is 98.1 Å². The average molecular weight is 514 g/mol. The number of anilines is 1. The first-order valence-corrected chi connectivity index (χ1v) is 12.8. The number of hydrogen-bond donors (Lipinski definition) is 1. The van der Waals surface area contributed by atoms with E-state index in [4.69, 9.17) is 11.6 Å². The van der Waals surface area contributed by atoms with Crippen molar-refractivity contribution in [1.82, 2.24) is 9.78 Å². The Kier molecular flexibility index (Phi) is 5.03. The molecule has 6 rings (SSSR count). The average Bonchev–Trinajstić information content (AvgIpc) is 3.28. The smallest absolute Gasteiger partial charge is 0.280 e. The molecule has 0 saturated carbocycles. The van der Waals surface area contributed by atoms with Crippen LogP contribution in [0.25, 0.3) is 22.2 Å². The third kappa shape index (κ3) is 3.42. The molecule has 7 nitrogen and oxygen atoms in total. The van der Waals surface area contributed by atoms with Crippen LogP contribution in [0.4, 0.5) is 5.69 Å². The van der Waals surface area contributed by atoms with E-state index < -0.39 is 15.9 Å². The van der Waals surface area contributed by atoms with Crippen LogP contribution in [0.15, 0.2) is 95.9 Å². The van der Waals surface area contributed by atoms with Crippen LogP contribution in [0.3, 0.4) is 0 Å². The molecule has 0 amide bonds. The number of benzene rings is 4. The molecule has 36 heavy (non-hydrogen) atoms. The van der Waals surface area contributed by atoms with E-state index in [0.29, 0.717) is 38.3 Å². The number of para-hydroxylation sites is 1. The molecule has 0 spiro atoms. The number of sulfonamides is 1. The summed E-state index contributed by atoms with van der Waals surface area (Å²) in [6.45, 7) is 0. The summed E-state index contributed by atoms with van der Waals surface area (Å²) in [6, 6.07) is 24.3. The van der Waals surface area contributed by atoms with Gasteiger partial charge in [0.15, 0.2) is 5.78 Å². The number of ketones is 1. The van der Waals surface area contributed by atoms with E-state index in [0.717, 1.165) is 0 Å². The molecule has 1 aromatic heterocycles. The number of nitrogens with zero attached hydrogens (tertiary/aromatic N) is 2. The molecule has 0 unspecified atom stereocenters. The summed E-state index contributed by atoms with van der Waals surface area (Å²) in [5.41, 5.74) is 2.84. The van der Waals surface area contributed by atoms with Crippen molar-refractivity contribution in [2.24, 2.45) is 0 Å². The van der Waals surface area contributed by atoms with Gasteiger partial charge in [0.25, 0.3) is 15.9 Å². The number of hydrogen-bond acceptors (Lipinski definition) is 5. The minimum absolute atomic E-state index is 0.00614. The second kappa shape index (κ2) is 8.15. The van der Waals surface area contributed by atoms with Crippen LogP contribution >= 0.6 is 11.6 Å². The van der Waals surface area contributed by atoms with Crippen LogP contribution in [0.1, 0.15) is 26.3 Å². The summed E-state index contributed by atoms with van der Waals surface area (Å²) < 4.78 is 29.7. The highest BCUT2D eigenvalue weighted by atomic mass is 35.5. The van der Waals surface area contributed by atoms with Crippen molar-refractivity contribution in [3.05, 3.63) is 113 Å². The van der Waals surface area contributed by atoms with Crippen LogP contribution in [0, 0.1) is 0 Å². The molecule has 1 heterocycles. The summed E-state index contributed by atoms with van der Waals surface area (Å²) in [5.74, 6) is -0.670. The molecule has 0 aliphatic heterocycles. The molecule has 1 aliphatic rings. The van der Waals surface area contributed by atoms with Gasteiger partial charge in [-0.1, -0.05) is 60.1 Å². The molecule has 176 valence electrons. The van der Waals surface area contributed by atoms with Crippen molar-refractivity contribution >= 4 is 49.9 Å². The van der Waals surface area contributed by atoms with Gasteiger partial charge in [0.05, 0.1) is 21.7 Å². The zero-order valence-electron chi connectivity index (χ0n) is 18.5. The number of halogens is 1. The van der Waals surface area contributed by atoms with Gasteiger partial charge in [0.1, 0.15) is 5.69 Å². The third-order valence-electron chi connectivity index (χ3n) is 6.10. The molecule has 0 bridgehead atoms. The van der Waals surface area contributed by atoms with E-state index in [1.165, 1.54) is 41.1 Å². The van der Waals surface area contributed by atoms with Crippen LogP contribution in [-0.2, 0) is 10.0 Å². The Morgan fingerprint density at radius 2 is 1.47 bits per heavy atom. The standard InChI is InChI=1S/C27H16ClN3O4S/c28-16-12-14-17(15-13-16)36(34,35)30-22-10-4-3-8-20(22)27(33)31-23-11-5-9-21-24(23)25(29-31)18-6-1-2-7-19(18)26(21)32/h1-15,30H. The minimum atomic E-state index is -3.99. The highest BCUT2D eigenvalue weighted by molar-refractivity contribution is 7.92. The third-order valence-corrected chi connectivity index (χ3v) is 7.73. The number of fused-ring (bicyclic) bond motifs is 2. The Morgan fingerprint density at radius 3 is 2.25 bits per heavy atom. The highest BCUT2D eigenvalue weighted by Crippen LogP contribution is 2.39. The zero-order chi connectivity index (χ0) is 25.0. The van der Waals surface area contributed by atoms with Crippen LogP contribution < -0.4 is 4.72 Å². The maximum Gasteiger partial charge on any atom is 0.280 e. The minimum Gasteiger partial charge on any atom is -0.289 e. The van der Waals surface area contributed by atoms with E-state index in [-0.39, 0.29) is 21.9 Å². The largest absolute Gasteiger partial charge is 0.289 e. The van der Waals surface area contributed by atoms with Crippen molar-refractivity contribution in [3.8, 4) is 11.3 Å². The van der Waals surface area contributed by atoms with E-state index in [2.05, 4.69) is 9.82 Å². The summed E-state index contributed by atoms with van der Waals surface area (Å²) >= 11 is 5.88. The summed E-state index contributed by atoms with van der Waals surface area (Å²) in [4.78, 5) is 26.9. The van der Waals surface area contributed by atoms with Crippen molar-refractivity contribution < 1.29 is 18.0 Å². The van der Waals surface area contributed by atoms with Crippen molar-refractivity contribution in [3.63, 3.8) is 0 Å². The number of nitrogens with one attached hydrogen (secondary N) is 1. The zero-order valence-corrected chi connectivity index (χ0v) is 20.0.